The Morgan fingerprint density at radius 2 is 1.92 bits per heavy atom. The zero-order chi connectivity index (χ0) is 10.1. The summed E-state index contributed by atoms with van der Waals surface area (Å²) < 4.78 is 35.5. The molecule has 0 aliphatic heterocycles. The van der Waals surface area contributed by atoms with Crippen molar-refractivity contribution in [2.24, 2.45) is 17.8 Å². The normalized spacial score (nSPS) is 30.2. The van der Waals surface area contributed by atoms with Gasteiger partial charge in [-0.15, -0.1) is 0 Å². The van der Waals surface area contributed by atoms with Crippen LogP contribution in [0.3, 0.4) is 0 Å². The molecule has 2 unspecified atom stereocenters. The van der Waals surface area contributed by atoms with Gasteiger partial charge in [0.25, 0.3) is 0 Å². The minimum Gasteiger partial charge on any atom is -0.171 e. The van der Waals surface area contributed by atoms with E-state index in [-0.39, 0.29) is 5.92 Å². The quantitative estimate of drug-likeness (QED) is 0.634. The van der Waals surface area contributed by atoms with E-state index in [9.17, 15) is 13.2 Å². The van der Waals surface area contributed by atoms with Gasteiger partial charge in [0.2, 0.25) is 0 Å². The molecule has 13 heavy (non-hydrogen) atoms. The van der Waals surface area contributed by atoms with Crippen LogP contribution in [0.4, 0.5) is 13.2 Å². The number of rotatable bonds is 4. The lowest BCUT2D eigenvalue weighted by atomic mass is 9.98. The van der Waals surface area contributed by atoms with Crippen LogP contribution in [0.5, 0.6) is 0 Å². The fourth-order valence-corrected chi connectivity index (χ4v) is 1.77. The van der Waals surface area contributed by atoms with E-state index in [1.807, 2.05) is 6.92 Å². The molecule has 0 aromatic carbocycles. The highest BCUT2D eigenvalue weighted by molar-refractivity contribution is 4.83. The Balaban J connectivity index is 2.07. The second-order valence-corrected chi connectivity index (χ2v) is 4.47. The zero-order valence-corrected chi connectivity index (χ0v) is 8.19. The largest absolute Gasteiger partial charge is 0.389 e. The molecular weight excluding hydrogens is 177 g/mol. The maximum absolute atomic E-state index is 11.8. The topological polar surface area (TPSA) is 0 Å². The molecule has 0 spiro atoms. The van der Waals surface area contributed by atoms with Crippen molar-refractivity contribution in [3.05, 3.63) is 0 Å². The molecule has 1 fully saturated rings. The highest BCUT2D eigenvalue weighted by Crippen LogP contribution is 2.43. The van der Waals surface area contributed by atoms with Gasteiger partial charge >= 0.3 is 6.18 Å². The summed E-state index contributed by atoms with van der Waals surface area (Å²) in [4.78, 5) is 0. The first kappa shape index (κ1) is 10.9. The molecule has 0 heterocycles. The average molecular weight is 194 g/mol. The van der Waals surface area contributed by atoms with Crippen molar-refractivity contribution in [1.82, 2.24) is 0 Å². The molecule has 0 radical (unpaired) electrons. The number of hydrogen-bond donors (Lipinski definition) is 0. The van der Waals surface area contributed by atoms with Crippen molar-refractivity contribution in [2.45, 2.75) is 45.7 Å². The van der Waals surface area contributed by atoms with Crippen LogP contribution in [-0.2, 0) is 0 Å². The van der Waals surface area contributed by atoms with Gasteiger partial charge in [-0.1, -0.05) is 13.8 Å². The highest BCUT2D eigenvalue weighted by atomic mass is 19.4. The molecule has 1 aliphatic carbocycles. The van der Waals surface area contributed by atoms with Gasteiger partial charge in [0, 0.05) is 6.42 Å². The Bertz CT molecular complexity index is 162. The molecule has 3 atom stereocenters. The van der Waals surface area contributed by atoms with Gasteiger partial charge in [0.15, 0.2) is 0 Å². The summed E-state index contributed by atoms with van der Waals surface area (Å²) in [6, 6.07) is 0. The summed E-state index contributed by atoms with van der Waals surface area (Å²) in [6.45, 7) is 4.10. The molecule has 0 saturated heterocycles. The maximum Gasteiger partial charge on any atom is 0.389 e. The van der Waals surface area contributed by atoms with Crippen LogP contribution in [0.1, 0.15) is 39.5 Å². The van der Waals surface area contributed by atoms with Crippen molar-refractivity contribution in [2.75, 3.05) is 0 Å². The summed E-state index contributed by atoms with van der Waals surface area (Å²) >= 11 is 0. The monoisotopic (exact) mass is 194 g/mol. The van der Waals surface area contributed by atoms with Crippen LogP contribution in [0.25, 0.3) is 0 Å². The zero-order valence-electron chi connectivity index (χ0n) is 8.19. The maximum atomic E-state index is 11.8. The van der Waals surface area contributed by atoms with Crippen LogP contribution in [0.2, 0.25) is 0 Å². The molecule has 0 N–H and O–H groups in total. The van der Waals surface area contributed by atoms with Gasteiger partial charge in [0.05, 0.1) is 0 Å². The number of alkyl halides is 3. The van der Waals surface area contributed by atoms with Gasteiger partial charge in [-0.25, -0.2) is 0 Å². The fraction of sp³-hybridized carbons (Fsp3) is 1.00. The Morgan fingerprint density at radius 1 is 1.38 bits per heavy atom. The van der Waals surface area contributed by atoms with E-state index in [1.165, 1.54) is 6.42 Å². The summed E-state index contributed by atoms with van der Waals surface area (Å²) in [7, 11) is 0. The van der Waals surface area contributed by atoms with Gasteiger partial charge in [-0.05, 0) is 37.0 Å². The van der Waals surface area contributed by atoms with Crippen molar-refractivity contribution < 1.29 is 13.2 Å². The van der Waals surface area contributed by atoms with Crippen molar-refractivity contribution in [3.8, 4) is 0 Å². The number of hydrogen-bond acceptors (Lipinski definition) is 0. The molecular formula is C10H17F3. The lowest BCUT2D eigenvalue weighted by Gasteiger charge is -2.12. The van der Waals surface area contributed by atoms with Gasteiger partial charge in [-0.2, -0.15) is 13.2 Å². The summed E-state index contributed by atoms with van der Waals surface area (Å²) in [5.74, 6) is 1.70. The first-order valence-corrected chi connectivity index (χ1v) is 4.95. The van der Waals surface area contributed by atoms with E-state index in [2.05, 4.69) is 6.92 Å². The van der Waals surface area contributed by atoms with E-state index in [4.69, 9.17) is 0 Å². The molecule has 0 amide bonds. The summed E-state index contributed by atoms with van der Waals surface area (Å²) in [5, 5.41) is 0. The third-order valence-corrected chi connectivity index (χ3v) is 2.90. The molecule has 1 saturated carbocycles. The summed E-state index contributed by atoms with van der Waals surface area (Å²) in [6.07, 6.45) is -2.08. The van der Waals surface area contributed by atoms with Crippen LogP contribution in [-0.4, -0.2) is 6.18 Å². The second-order valence-electron chi connectivity index (χ2n) is 4.47. The van der Waals surface area contributed by atoms with E-state index in [0.29, 0.717) is 12.3 Å². The summed E-state index contributed by atoms with van der Waals surface area (Å²) in [5.41, 5.74) is 0. The predicted molar refractivity (Wildman–Crippen MR) is 46.3 cm³/mol. The molecule has 0 aromatic rings. The Hall–Kier alpha value is -0.210. The standard InChI is InChI=1S/C10H17F3/c1-7(3-4-10(11,12)13)5-9-6-8(9)2/h7-9H,3-6H2,1-2H3/t7-,8?,9?/m1/s1. The lowest BCUT2D eigenvalue weighted by Crippen LogP contribution is -2.10. The van der Waals surface area contributed by atoms with E-state index < -0.39 is 12.6 Å². The van der Waals surface area contributed by atoms with Crippen molar-refractivity contribution >= 4 is 0 Å². The Kier molecular flexibility index (Phi) is 3.25. The molecule has 78 valence electrons. The highest BCUT2D eigenvalue weighted by Gasteiger charge is 2.34. The Morgan fingerprint density at radius 3 is 2.31 bits per heavy atom. The van der Waals surface area contributed by atoms with Crippen molar-refractivity contribution in [1.29, 1.82) is 0 Å². The molecule has 0 bridgehead atoms. The van der Waals surface area contributed by atoms with Crippen LogP contribution in [0.15, 0.2) is 0 Å². The third kappa shape index (κ3) is 4.53. The first-order valence-electron chi connectivity index (χ1n) is 4.95. The van der Waals surface area contributed by atoms with E-state index in [0.717, 1.165) is 12.3 Å². The van der Waals surface area contributed by atoms with Gasteiger partial charge < -0.3 is 0 Å². The van der Waals surface area contributed by atoms with E-state index >= 15 is 0 Å². The SMILES string of the molecule is CC1CC1C[C@H](C)CCC(F)(F)F. The van der Waals surface area contributed by atoms with Gasteiger partial charge in [0.1, 0.15) is 0 Å². The molecule has 1 aliphatic rings. The van der Waals surface area contributed by atoms with E-state index in [1.54, 1.807) is 0 Å². The molecule has 1 rings (SSSR count). The van der Waals surface area contributed by atoms with Crippen LogP contribution >= 0.6 is 0 Å². The molecule has 0 aromatic heterocycles. The number of halogens is 3. The Labute approximate surface area is 77.5 Å². The minimum absolute atomic E-state index is 0.233. The minimum atomic E-state index is -3.97. The molecule has 3 heteroatoms. The average Bonchev–Trinajstić information content (AvgIpc) is 2.61. The smallest absolute Gasteiger partial charge is 0.171 e. The second kappa shape index (κ2) is 3.89. The van der Waals surface area contributed by atoms with Crippen molar-refractivity contribution in [3.63, 3.8) is 0 Å². The van der Waals surface area contributed by atoms with Crippen LogP contribution in [0, 0.1) is 17.8 Å². The first-order chi connectivity index (χ1) is 5.88. The predicted octanol–water partition coefficient (Wildman–Crippen LogP) is 4.01. The van der Waals surface area contributed by atoms with Gasteiger partial charge in [-0.3, -0.25) is 0 Å². The molecule has 0 nitrogen and oxygen atoms in total. The lowest BCUT2D eigenvalue weighted by molar-refractivity contribution is -0.137. The third-order valence-electron chi connectivity index (χ3n) is 2.90. The van der Waals surface area contributed by atoms with Crippen LogP contribution < -0.4 is 0 Å². The fourth-order valence-electron chi connectivity index (χ4n) is 1.77.